The molecule has 9 aromatic heterocycles. The van der Waals surface area contributed by atoms with E-state index in [4.69, 9.17) is 38.7 Å². The van der Waals surface area contributed by atoms with Crippen LogP contribution in [0.1, 0.15) is 133 Å². The number of nitrogens with zero attached hydrogens (tertiary/aromatic N) is 10. The number of nitrogens with one attached hydrogen (secondary N) is 3. The molecule has 13 N–H and O–H groups in total. The monoisotopic (exact) mass is 1570 g/mol. The first-order chi connectivity index (χ1) is 53.6. The van der Waals surface area contributed by atoms with Crippen LogP contribution in [0.3, 0.4) is 0 Å². The summed E-state index contributed by atoms with van der Waals surface area (Å²) in [6.07, 6.45) is 16.4. The molecule has 560 valence electrons. The number of hydrogen-bond acceptors (Lipinski definition) is 21. The number of primary amides is 2. The summed E-state index contributed by atoms with van der Waals surface area (Å²) in [6.45, 7) is 6.80. The van der Waals surface area contributed by atoms with E-state index in [1.807, 2.05) is 136 Å². The van der Waals surface area contributed by atoms with Gasteiger partial charge in [0.1, 0.15) is 23.5 Å². The molecule has 15 rings (SSSR count). The number of carbonyl (C=O) groups excluding carboxylic acids is 6. The van der Waals surface area contributed by atoms with Crippen molar-refractivity contribution >= 4 is 118 Å². The molecule has 0 aliphatic rings. The predicted octanol–water partition coefficient (Wildman–Crippen LogP) is 5.03. The van der Waals surface area contributed by atoms with E-state index in [0.29, 0.717) is 118 Å². The van der Waals surface area contributed by atoms with Crippen LogP contribution in [0.2, 0.25) is 0 Å². The number of anilines is 3. The number of aryl methyl sites for hydroxylation is 3. The molecule has 0 bridgehead atoms. The Kier molecular flexibility index (Phi) is 30.3. The molecule has 9 heterocycles. The summed E-state index contributed by atoms with van der Waals surface area (Å²) in [7, 11) is 0. The van der Waals surface area contributed by atoms with Crippen LogP contribution in [0.25, 0.3) is 65.0 Å². The Bertz CT molecular complexity index is 5970. The minimum atomic E-state index is -0.535. The van der Waals surface area contributed by atoms with Gasteiger partial charge in [-0.05, 0) is 214 Å². The van der Waals surface area contributed by atoms with Crippen LogP contribution in [0.15, 0.2) is 220 Å². The maximum atomic E-state index is 12.9. The molecule has 6 aromatic carbocycles. The zero-order valence-electron chi connectivity index (χ0n) is 63.2. The third-order valence-electron chi connectivity index (χ3n) is 18.0. The summed E-state index contributed by atoms with van der Waals surface area (Å²) < 4.78 is 0. The fraction of sp³-hybridized carbons (Fsp3) is 0.116. The Balaban J connectivity index is 0.000000207. The van der Waals surface area contributed by atoms with Crippen LogP contribution in [0, 0.1) is 32.1 Å². The van der Waals surface area contributed by atoms with Gasteiger partial charge >= 0.3 is 103 Å². The number of nitriles is 1. The van der Waals surface area contributed by atoms with Crippen molar-refractivity contribution in [1.82, 2.24) is 60.8 Å². The smallest absolute Gasteiger partial charge is 1.00 e. The van der Waals surface area contributed by atoms with Crippen LogP contribution in [0.5, 0.6) is 0 Å². The normalized spacial score (nSPS) is 10.5. The van der Waals surface area contributed by atoms with Crippen molar-refractivity contribution < 1.29 is 143 Å². The van der Waals surface area contributed by atoms with E-state index in [9.17, 15) is 29.2 Å². The SMILES string of the molecule is C.Cc1cnc2c(C#N)cc(Cc3cc(C(=O)NCc4ccc5c(N)nccc5c4)ccn3)cc2c1.Cc1cnc2c(C(N)=O)cc(Cc3cc(C(=O)NCc4ccc5c(N)nccc5c4)ccn3)cc2c1.Cc1cnc2c(C(N)=O)cc(Cc3cc(C(=O)NCc4ccc5c(N)nccc5c4)ccn3)cc2c1.O=CO[O-].[H-].[K+].[K+]. The Morgan fingerprint density at radius 2 is 0.711 bits per heavy atom. The average Bonchev–Trinajstić information content (AvgIpc) is 0.804. The summed E-state index contributed by atoms with van der Waals surface area (Å²) in [5.74, 6) is -0.213. The molecule has 0 saturated carbocycles. The van der Waals surface area contributed by atoms with Gasteiger partial charge in [0.25, 0.3) is 36.0 Å². The first-order valence-electron chi connectivity index (χ1n) is 34.6. The fourth-order valence-electron chi connectivity index (χ4n) is 12.7. The first kappa shape index (κ1) is 86.2. The maximum absolute atomic E-state index is 12.9. The Morgan fingerprint density at radius 3 is 1.03 bits per heavy atom. The molecule has 0 radical (unpaired) electrons. The van der Waals surface area contributed by atoms with Crippen molar-refractivity contribution in [3.05, 3.63) is 320 Å². The van der Waals surface area contributed by atoms with Crippen LogP contribution < -0.4 is 153 Å². The van der Waals surface area contributed by atoms with Gasteiger partial charge in [0.2, 0.25) is 0 Å². The van der Waals surface area contributed by atoms with Crippen molar-refractivity contribution in [2.75, 3.05) is 17.2 Å². The van der Waals surface area contributed by atoms with E-state index < -0.39 is 11.8 Å². The summed E-state index contributed by atoms with van der Waals surface area (Å²) in [4.78, 5) is 113. The van der Waals surface area contributed by atoms with E-state index in [0.717, 1.165) is 104 Å². The second kappa shape index (κ2) is 40.1. The number of carbonyl (C=O) groups is 6. The molecule has 15 aromatic rings. The van der Waals surface area contributed by atoms with Gasteiger partial charge in [0.05, 0.1) is 33.2 Å². The largest absolute Gasteiger partial charge is 1.00 e. The topological polar surface area (TPSA) is 441 Å². The number of fused-ring (bicyclic) bond motifs is 6. The van der Waals surface area contributed by atoms with E-state index in [1.54, 1.807) is 104 Å². The zero-order valence-corrected chi connectivity index (χ0v) is 68.5. The van der Waals surface area contributed by atoms with Crippen molar-refractivity contribution in [3.63, 3.8) is 0 Å². The van der Waals surface area contributed by atoms with Crippen molar-refractivity contribution in [3.8, 4) is 6.07 Å². The van der Waals surface area contributed by atoms with Gasteiger partial charge < -0.3 is 56.2 Å². The van der Waals surface area contributed by atoms with Crippen LogP contribution in [-0.2, 0) is 48.6 Å². The number of amides is 5. The van der Waals surface area contributed by atoms with Gasteiger partial charge in [-0.15, -0.1) is 0 Å². The maximum Gasteiger partial charge on any atom is 1.00 e. The third kappa shape index (κ3) is 21.9. The molecule has 114 heavy (non-hydrogen) atoms. The molecule has 0 aliphatic carbocycles. The van der Waals surface area contributed by atoms with Gasteiger partial charge in [-0.1, -0.05) is 43.8 Å². The summed E-state index contributed by atoms with van der Waals surface area (Å²) in [6, 6.07) is 52.9. The predicted molar refractivity (Wildman–Crippen MR) is 429 cm³/mol. The molecule has 0 unspecified atom stereocenters. The Labute approximate surface area is 741 Å². The molecule has 0 fully saturated rings. The summed E-state index contributed by atoms with van der Waals surface area (Å²) >= 11 is 0. The average molecular weight is 1570 g/mol. The molecule has 0 saturated heterocycles. The van der Waals surface area contributed by atoms with E-state index in [-0.39, 0.29) is 136 Å². The van der Waals surface area contributed by atoms with Crippen molar-refractivity contribution in [2.24, 2.45) is 11.5 Å². The van der Waals surface area contributed by atoms with Gasteiger partial charge in [-0.3, -0.25) is 58.7 Å². The number of benzene rings is 6. The quantitative estimate of drug-likeness (QED) is 0.0242. The molecule has 5 amide bonds. The second-order valence-electron chi connectivity index (χ2n) is 26.2. The first-order valence-corrected chi connectivity index (χ1v) is 34.6. The molecule has 28 heteroatoms. The van der Waals surface area contributed by atoms with E-state index in [2.05, 4.69) is 71.8 Å². The third-order valence-corrected chi connectivity index (χ3v) is 18.0. The number of hydrogen-bond donors (Lipinski definition) is 8. The van der Waals surface area contributed by atoms with Crippen LogP contribution >= 0.6 is 0 Å². The van der Waals surface area contributed by atoms with Crippen LogP contribution in [0.4, 0.5) is 17.5 Å². The van der Waals surface area contributed by atoms with E-state index >= 15 is 0 Å². The molecular formula is C86H76K2N18O8. The number of aromatic nitrogens is 9. The Morgan fingerprint density at radius 1 is 0.412 bits per heavy atom. The van der Waals surface area contributed by atoms with Gasteiger partial charge in [0, 0.05) is 161 Å². The zero-order chi connectivity index (χ0) is 78.2. The number of rotatable bonds is 18. The van der Waals surface area contributed by atoms with Crippen molar-refractivity contribution in [2.45, 2.75) is 67.1 Å². The second-order valence-corrected chi connectivity index (χ2v) is 26.2. The minimum absolute atomic E-state index is 0. The molecule has 0 atom stereocenters. The van der Waals surface area contributed by atoms with Gasteiger partial charge in [-0.2, -0.15) is 5.26 Å². The fourth-order valence-corrected chi connectivity index (χ4v) is 12.7. The number of nitrogens with two attached hydrogens (primary N) is 5. The number of pyridine rings is 9. The molecule has 26 nitrogen and oxygen atoms in total. The van der Waals surface area contributed by atoms with Gasteiger partial charge in [0.15, 0.2) is 0 Å². The number of nitrogen functional groups attached to an aromatic ring is 3. The van der Waals surface area contributed by atoms with E-state index in [1.165, 1.54) is 0 Å². The minimum Gasteiger partial charge on any atom is -1.00 e. The van der Waals surface area contributed by atoms with Crippen LogP contribution in [-0.4, -0.2) is 80.9 Å². The summed E-state index contributed by atoms with van der Waals surface area (Å²) in [5.41, 5.74) is 44.3. The molecule has 0 aliphatic heterocycles. The van der Waals surface area contributed by atoms with Crippen molar-refractivity contribution in [1.29, 1.82) is 5.26 Å². The standard InChI is InChI=1S/2C28H24N6O2.C28H22N6O.CH2O3.CH4.2K.H/c2*1-16-8-21-10-18(12-24(27(30)35)25(21)33-14-16)11-22-13-20(5-6-31-22)28(36)34-15-17-2-3-23-19(9-17)4-7-32-26(23)29;1-17-8-22-10-19(11-23(14-29)26(22)33-15-17)12-24-13-21(5-6-31-24)28(35)34-16-18-2-3-25-20(9-18)4-7-32-27(25)30;2-1-4-3;;;;/h2*2-10,12-14H,11,15H2,1H3,(H2,29,32)(H2,30,35)(H,34,36);2-11,13,15H,12,16H2,1H3,(H2,30,32)(H,34,35);1,3H;1H4;;;/q;;;;;2*+1;-1/p-1. The molecule has 0 spiro atoms. The Hall–Kier alpha value is -11.8. The van der Waals surface area contributed by atoms with Gasteiger partial charge in [-0.25, -0.2) is 15.0 Å². The summed E-state index contributed by atoms with van der Waals surface area (Å²) in [5, 5.41) is 35.0. The molecular weight excluding hydrogens is 1490 g/mol.